The second kappa shape index (κ2) is 9.35. The fraction of sp³-hybridized carbons (Fsp3) is 0.167. The molecule has 0 spiro atoms. The fourth-order valence-electron chi connectivity index (χ4n) is 2.71. The van der Waals surface area contributed by atoms with Crippen molar-refractivity contribution < 1.29 is 39.9 Å². The molecule has 0 radical (unpaired) electrons. The minimum atomic E-state index is -4.85. The third kappa shape index (κ3) is 5.39. The Hall–Kier alpha value is -2.97. The molecule has 0 fully saturated rings. The molecule has 0 aliphatic carbocycles. The van der Waals surface area contributed by atoms with E-state index < -0.39 is 49.9 Å². The van der Waals surface area contributed by atoms with E-state index in [0.717, 1.165) is 22.9 Å². The zero-order valence-electron chi connectivity index (χ0n) is 16.6. The van der Waals surface area contributed by atoms with E-state index in [2.05, 4.69) is 15.0 Å². The lowest BCUT2D eigenvalue weighted by atomic mass is 10.2. The first kappa shape index (κ1) is 25.6. The van der Waals surface area contributed by atoms with Crippen molar-refractivity contribution >= 4 is 39.1 Å². The summed E-state index contributed by atoms with van der Waals surface area (Å²) in [6.45, 7) is -1.77. The third-order valence-corrected chi connectivity index (χ3v) is 6.37. The predicted octanol–water partition coefficient (Wildman–Crippen LogP) is 4.62. The van der Waals surface area contributed by atoms with Crippen molar-refractivity contribution in [1.82, 2.24) is 19.7 Å². The quantitative estimate of drug-likeness (QED) is 0.454. The Balaban J connectivity index is 1.90. The van der Waals surface area contributed by atoms with E-state index in [0.29, 0.717) is 6.07 Å². The Morgan fingerprint density at radius 1 is 1.12 bits per heavy atom. The van der Waals surface area contributed by atoms with Crippen LogP contribution in [0.5, 0.6) is 5.75 Å². The van der Waals surface area contributed by atoms with Crippen LogP contribution < -0.4 is 9.46 Å². The SMILES string of the molecule is Cc1c(C(=O)NS(=O)(=O)c2cc(C(F)(F)F)ccc2Cl)nnn1-c1ccc(OC(F)F)cc1Cl. The molecule has 34 heavy (non-hydrogen) atoms. The predicted molar refractivity (Wildman–Crippen MR) is 109 cm³/mol. The van der Waals surface area contributed by atoms with E-state index in [9.17, 15) is 35.2 Å². The van der Waals surface area contributed by atoms with Gasteiger partial charge in [0.05, 0.1) is 27.0 Å². The topological polar surface area (TPSA) is 103 Å². The van der Waals surface area contributed by atoms with Gasteiger partial charge in [-0.2, -0.15) is 22.0 Å². The molecule has 8 nitrogen and oxygen atoms in total. The molecule has 2 aromatic carbocycles. The highest BCUT2D eigenvalue weighted by molar-refractivity contribution is 7.90. The summed E-state index contributed by atoms with van der Waals surface area (Å²) >= 11 is 11.8. The summed E-state index contributed by atoms with van der Waals surface area (Å²) in [5, 5.41) is 6.60. The first-order chi connectivity index (χ1) is 15.7. The highest BCUT2D eigenvalue weighted by Crippen LogP contribution is 2.33. The second-order valence-corrected chi connectivity index (χ2v) is 8.97. The smallest absolute Gasteiger partial charge is 0.416 e. The van der Waals surface area contributed by atoms with E-state index in [-0.39, 0.29) is 28.2 Å². The number of aromatic nitrogens is 3. The van der Waals surface area contributed by atoms with Crippen LogP contribution in [0.2, 0.25) is 10.0 Å². The average molecular weight is 545 g/mol. The van der Waals surface area contributed by atoms with Gasteiger partial charge in [0.25, 0.3) is 15.9 Å². The highest BCUT2D eigenvalue weighted by atomic mass is 35.5. The molecule has 0 aliphatic heterocycles. The molecule has 0 aliphatic rings. The third-order valence-electron chi connectivity index (χ3n) is 4.26. The number of sulfonamides is 1. The van der Waals surface area contributed by atoms with Crippen molar-refractivity contribution in [2.24, 2.45) is 0 Å². The zero-order chi connectivity index (χ0) is 25.4. The number of carbonyl (C=O) groups excluding carboxylic acids is 1. The standard InChI is InChI=1S/C18H11Cl2F5N4O4S/c1-8-15(26-28-29(8)13-5-3-10(7-12(13)20)33-17(21)22)16(30)27-34(31,32)14-6-9(18(23,24)25)2-4-11(14)19/h2-7,17H,1H3,(H,27,30). The van der Waals surface area contributed by atoms with Gasteiger partial charge in [-0.25, -0.2) is 17.8 Å². The molecule has 0 bridgehead atoms. The fourth-order valence-corrected chi connectivity index (χ4v) is 4.44. The van der Waals surface area contributed by atoms with E-state index in [1.54, 1.807) is 4.72 Å². The van der Waals surface area contributed by atoms with Crippen molar-refractivity contribution in [3.8, 4) is 11.4 Å². The number of amides is 1. The summed E-state index contributed by atoms with van der Waals surface area (Å²) in [5.41, 5.74) is -1.72. The summed E-state index contributed by atoms with van der Waals surface area (Å²) in [7, 11) is -4.84. The number of carbonyl (C=O) groups is 1. The Bertz CT molecular complexity index is 1360. The summed E-state index contributed by atoms with van der Waals surface area (Å²) in [6, 6.07) is 5.04. The molecule has 0 saturated carbocycles. The number of benzene rings is 2. The van der Waals surface area contributed by atoms with Gasteiger partial charge in [0.2, 0.25) is 0 Å². The molecule has 3 aromatic rings. The van der Waals surface area contributed by atoms with Gasteiger partial charge < -0.3 is 4.74 Å². The molecule has 1 aromatic heterocycles. The van der Waals surface area contributed by atoms with Crippen LogP contribution in [0.1, 0.15) is 21.7 Å². The van der Waals surface area contributed by atoms with E-state index in [1.807, 2.05) is 0 Å². The number of rotatable bonds is 6. The molecule has 0 unspecified atom stereocenters. The maximum atomic E-state index is 12.9. The van der Waals surface area contributed by atoms with E-state index in [1.165, 1.54) is 13.0 Å². The van der Waals surface area contributed by atoms with Crippen LogP contribution >= 0.6 is 23.2 Å². The number of halogens is 7. The molecule has 182 valence electrons. The van der Waals surface area contributed by atoms with Crippen molar-refractivity contribution in [1.29, 1.82) is 0 Å². The van der Waals surface area contributed by atoms with Crippen LogP contribution in [0.25, 0.3) is 5.69 Å². The average Bonchev–Trinajstić information content (AvgIpc) is 3.08. The van der Waals surface area contributed by atoms with E-state index >= 15 is 0 Å². The van der Waals surface area contributed by atoms with Gasteiger partial charge >= 0.3 is 12.8 Å². The minimum absolute atomic E-state index is 0.0210. The first-order valence-corrected chi connectivity index (χ1v) is 11.1. The van der Waals surface area contributed by atoms with Gasteiger partial charge in [0.15, 0.2) is 5.69 Å². The summed E-state index contributed by atoms with van der Waals surface area (Å²) in [5.74, 6) is -1.56. The lowest BCUT2D eigenvalue weighted by molar-refractivity contribution is -0.137. The number of ether oxygens (including phenoxy) is 1. The second-order valence-electron chi connectivity index (χ2n) is 6.50. The van der Waals surface area contributed by atoms with Crippen LogP contribution in [0.3, 0.4) is 0 Å². The van der Waals surface area contributed by atoms with Crippen molar-refractivity contribution in [2.45, 2.75) is 24.6 Å². The van der Waals surface area contributed by atoms with Gasteiger partial charge in [-0.15, -0.1) is 5.10 Å². The Labute approximate surface area is 198 Å². The number of alkyl halides is 5. The summed E-state index contributed by atoms with van der Waals surface area (Å²) in [6.07, 6.45) is -4.85. The molecule has 3 rings (SSSR count). The number of hydrogen-bond acceptors (Lipinski definition) is 6. The van der Waals surface area contributed by atoms with Gasteiger partial charge in [-0.1, -0.05) is 28.4 Å². The molecule has 0 atom stereocenters. The summed E-state index contributed by atoms with van der Waals surface area (Å²) in [4.78, 5) is 11.6. The van der Waals surface area contributed by atoms with E-state index in [4.69, 9.17) is 23.2 Å². The number of nitrogens with zero attached hydrogens (tertiary/aromatic N) is 3. The molecular weight excluding hydrogens is 534 g/mol. The first-order valence-electron chi connectivity index (χ1n) is 8.81. The van der Waals surface area contributed by atoms with Crippen LogP contribution in [0, 0.1) is 6.92 Å². The monoisotopic (exact) mass is 544 g/mol. The Morgan fingerprint density at radius 2 is 1.79 bits per heavy atom. The highest BCUT2D eigenvalue weighted by Gasteiger charge is 2.33. The van der Waals surface area contributed by atoms with Crippen molar-refractivity contribution in [3.63, 3.8) is 0 Å². The van der Waals surface area contributed by atoms with Gasteiger partial charge in [-0.05, 0) is 37.3 Å². The van der Waals surface area contributed by atoms with Crippen LogP contribution in [0.15, 0.2) is 41.3 Å². The maximum absolute atomic E-state index is 12.9. The zero-order valence-corrected chi connectivity index (χ0v) is 18.9. The number of hydrogen-bond donors (Lipinski definition) is 1. The Kier molecular flexibility index (Phi) is 7.05. The van der Waals surface area contributed by atoms with Crippen LogP contribution in [-0.2, 0) is 16.2 Å². The molecule has 1 N–H and O–H groups in total. The lowest BCUT2D eigenvalue weighted by Gasteiger charge is -2.12. The lowest BCUT2D eigenvalue weighted by Crippen LogP contribution is -2.31. The molecule has 1 heterocycles. The molecule has 0 saturated heterocycles. The molecule has 16 heteroatoms. The molecule has 1 amide bonds. The van der Waals surface area contributed by atoms with Crippen LogP contribution in [-0.4, -0.2) is 35.9 Å². The summed E-state index contributed by atoms with van der Waals surface area (Å²) < 4.78 is 95.5. The minimum Gasteiger partial charge on any atom is -0.435 e. The van der Waals surface area contributed by atoms with Crippen molar-refractivity contribution in [2.75, 3.05) is 0 Å². The normalized spacial score (nSPS) is 12.1. The van der Waals surface area contributed by atoms with Crippen molar-refractivity contribution in [3.05, 3.63) is 63.4 Å². The number of nitrogens with one attached hydrogen (secondary N) is 1. The van der Waals surface area contributed by atoms with Gasteiger partial charge in [0.1, 0.15) is 10.6 Å². The molecular formula is C18H11Cl2F5N4O4S. The van der Waals surface area contributed by atoms with Gasteiger partial charge in [-0.3, -0.25) is 4.79 Å². The Morgan fingerprint density at radius 3 is 2.38 bits per heavy atom. The van der Waals surface area contributed by atoms with Crippen LogP contribution in [0.4, 0.5) is 22.0 Å². The van der Waals surface area contributed by atoms with Gasteiger partial charge in [0, 0.05) is 6.07 Å². The maximum Gasteiger partial charge on any atom is 0.416 e. The largest absolute Gasteiger partial charge is 0.435 e.